The number of phosphoric acid groups is 1. The first kappa shape index (κ1) is 44.3. The Morgan fingerprint density at radius 1 is 0.565 bits per heavy atom. The molecule has 0 saturated heterocycles. The van der Waals surface area contributed by atoms with Crippen molar-refractivity contribution in [3.8, 4) is 0 Å². The van der Waals surface area contributed by atoms with E-state index in [4.69, 9.17) is 19.3 Å². The molecule has 9 heteroatoms. The highest BCUT2D eigenvalue weighted by atomic mass is 31.2. The number of carbonyl (C=O) groups excluding carboxylic acids is 2. The lowest BCUT2D eigenvalue weighted by atomic mass is 10.1. The Balaban J connectivity index is 4.01. The molecule has 2 N–H and O–H groups in total. The third-order valence-electron chi connectivity index (χ3n) is 7.66. The van der Waals surface area contributed by atoms with Gasteiger partial charge in [-0.25, -0.2) is 4.57 Å². The Hall–Kier alpha value is -1.73. The summed E-state index contributed by atoms with van der Waals surface area (Å²) in [6.07, 6.45) is 37.2. The van der Waals surface area contributed by atoms with Gasteiger partial charge in [0.25, 0.3) is 0 Å². The fourth-order valence-electron chi connectivity index (χ4n) is 4.91. The molecule has 0 aliphatic carbocycles. The molecule has 0 rings (SSSR count). The van der Waals surface area contributed by atoms with Gasteiger partial charge in [-0.05, 0) is 51.4 Å². The predicted octanol–water partition coefficient (Wildman–Crippen LogP) is 10.6. The van der Waals surface area contributed by atoms with Gasteiger partial charge in [0, 0.05) is 12.8 Å². The first-order valence-electron chi connectivity index (χ1n) is 18.3. The van der Waals surface area contributed by atoms with Crippen molar-refractivity contribution in [2.24, 2.45) is 0 Å². The summed E-state index contributed by atoms with van der Waals surface area (Å²) < 4.78 is 26.2. The minimum atomic E-state index is -4.75. The van der Waals surface area contributed by atoms with Gasteiger partial charge >= 0.3 is 19.8 Å². The molecule has 0 fully saturated rings. The fraction of sp³-hybridized carbons (Fsp3) is 0.784. The predicted molar refractivity (Wildman–Crippen MR) is 188 cm³/mol. The molecule has 0 radical (unpaired) electrons. The van der Waals surface area contributed by atoms with Crippen LogP contribution in [0.2, 0.25) is 0 Å². The number of hydrogen-bond acceptors (Lipinski definition) is 6. The van der Waals surface area contributed by atoms with E-state index in [0.717, 1.165) is 57.8 Å². The van der Waals surface area contributed by atoms with Crippen molar-refractivity contribution in [1.29, 1.82) is 0 Å². The molecule has 0 aliphatic rings. The molecule has 0 aromatic heterocycles. The summed E-state index contributed by atoms with van der Waals surface area (Å²) >= 11 is 0. The van der Waals surface area contributed by atoms with Crippen molar-refractivity contribution in [2.75, 3.05) is 13.2 Å². The van der Waals surface area contributed by atoms with Crippen LogP contribution in [0.15, 0.2) is 36.5 Å². The van der Waals surface area contributed by atoms with Crippen LogP contribution in [0.4, 0.5) is 0 Å². The third-order valence-corrected chi connectivity index (χ3v) is 8.15. The van der Waals surface area contributed by atoms with Gasteiger partial charge in [-0.2, -0.15) is 0 Å². The molecule has 0 amide bonds. The van der Waals surface area contributed by atoms with Gasteiger partial charge in [-0.15, -0.1) is 0 Å². The van der Waals surface area contributed by atoms with Crippen LogP contribution < -0.4 is 0 Å². The summed E-state index contributed by atoms with van der Waals surface area (Å²) in [4.78, 5) is 42.6. The zero-order chi connectivity index (χ0) is 34.0. The SMILES string of the molecule is CCCCC/C=C\C/C=C\C/C=C\CCCCCCC(=O)OC[C@H](COP(=O)(O)O)OC(=O)CCCCCCCCCCCCC. The Bertz CT molecular complexity index is 848. The molecule has 1 atom stereocenters. The van der Waals surface area contributed by atoms with E-state index in [-0.39, 0.29) is 19.4 Å². The molecule has 0 unspecified atom stereocenters. The Morgan fingerprint density at radius 2 is 0.978 bits per heavy atom. The average molecular weight is 671 g/mol. The molecular formula is C37H67O8P. The Labute approximate surface area is 281 Å². The third kappa shape index (κ3) is 35.1. The van der Waals surface area contributed by atoms with Crippen LogP contribution in [-0.4, -0.2) is 41.0 Å². The van der Waals surface area contributed by atoms with Crippen molar-refractivity contribution in [1.82, 2.24) is 0 Å². The summed E-state index contributed by atoms with van der Waals surface area (Å²) in [7, 11) is -4.75. The van der Waals surface area contributed by atoms with Crippen molar-refractivity contribution in [2.45, 2.75) is 174 Å². The molecule has 0 bridgehead atoms. The Kier molecular flexibility index (Phi) is 31.9. The number of unbranched alkanes of at least 4 members (excludes halogenated alkanes) is 17. The van der Waals surface area contributed by atoms with Crippen LogP contribution >= 0.6 is 7.82 Å². The normalized spacial score (nSPS) is 12.9. The maximum atomic E-state index is 12.3. The smallest absolute Gasteiger partial charge is 0.462 e. The van der Waals surface area contributed by atoms with Gasteiger partial charge in [0.1, 0.15) is 6.61 Å². The van der Waals surface area contributed by atoms with E-state index in [2.05, 4.69) is 54.8 Å². The minimum absolute atomic E-state index is 0.208. The van der Waals surface area contributed by atoms with Crippen molar-refractivity contribution in [3.05, 3.63) is 36.5 Å². The molecular weight excluding hydrogens is 603 g/mol. The lowest BCUT2D eigenvalue weighted by molar-refractivity contribution is -0.161. The van der Waals surface area contributed by atoms with E-state index in [1.807, 2.05) is 0 Å². The summed E-state index contributed by atoms with van der Waals surface area (Å²) in [5, 5.41) is 0. The van der Waals surface area contributed by atoms with Gasteiger partial charge in [0.2, 0.25) is 0 Å². The summed E-state index contributed by atoms with van der Waals surface area (Å²) in [6, 6.07) is 0. The topological polar surface area (TPSA) is 119 Å². The van der Waals surface area contributed by atoms with Crippen LogP contribution in [0.3, 0.4) is 0 Å². The summed E-state index contributed by atoms with van der Waals surface area (Å²) in [5.74, 6) is -0.910. The molecule has 0 heterocycles. The maximum Gasteiger partial charge on any atom is 0.469 e. The molecule has 268 valence electrons. The zero-order valence-corrected chi connectivity index (χ0v) is 30.1. The molecule has 0 aliphatic heterocycles. The van der Waals surface area contributed by atoms with Crippen molar-refractivity contribution in [3.63, 3.8) is 0 Å². The van der Waals surface area contributed by atoms with Crippen LogP contribution in [0.1, 0.15) is 168 Å². The highest BCUT2D eigenvalue weighted by Crippen LogP contribution is 2.36. The quantitative estimate of drug-likeness (QED) is 0.0306. The minimum Gasteiger partial charge on any atom is -0.462 e. The summed E-state index contributed by atoms with van der Waals surface area (Å²) in [6.45, 7) is 3.61. The number of phosphoric ester groups is 1. The van der Waals surface area contributed by atoms with Gasteiger partial charge in [-0.1, -0.05) is 140 Å². The lowest BCUT2D eigenvalue weighted by Crippen LogP contribution is -2.29. The molecule has 8 nitrogen and oxygen atoms in total. The number of allylic oxidation sites excluding steroid dienone is 6. The average Bonchev–Trinajstić information content (AvgIpc) is 3.02. The second kappa shape index (κ2) is 33.2. The number of rotatable bonds is 33. The highest BCUT2D eigenvalue weighted by Gasteiger charge is 2.22. The van der Waals surface area contributed by atoms with Crippen LogP contribution in [0, 0.1) is 0 Å². The summed E-state index contributed by atoms with van der Waals surface area (Å²) in [5.41, 5.74) is 0. The molecule has 0 aromatic rings. The fourth-order valence-corrected chi connectivity index (χ4v) is 5.27. The van der Waals surface area contributed by atoms with E-state index in [9.17, 15) is 14.2 Å². The van der Waals surface area contributed by atoms with Gasteiger partial charge in [0.05, 0.1) is 6.61 Å². The second-order valence-electron chi connectivity index (χ2n) is 12.2. The zero-order valence-electron chi connectivity index (χ0n) is 29.2. The van der Waals surface area contributed by atoms with Gasteiger partial charge in [-0.3, -0.25) is 14.1 Å². The number of esters is 2. The van der Waals surface area contributed by atoms with E-state index < -0.39 is 32.5 Å². The van der Waals surface area contributed by atoms with Crippen LogP contribution in [-0.2, 0) is 28.2 Å². The monoisotopic (exact) mass is 670 g/mol. The van der Waals surface area contributed by atoms with Crippen molar-refractivity contribution >= 4 is 19.8 Å². The van der Waals surface area contributed by atoms with E-state index in [1.165, 1.54) is 70.6 Å². The number of carbonyl (C=O) groups is 2. The highest BCUT2D eigenvalue weighted by molar-refractivity contribution is 7.46. The molecule has 46 heavy (non-hydrogen) atoms. The van der Waals surface area contributed by atoms with Crippen LogP contribution in [0.5, 0.6) is 0 Å². The lowest BCUT2D eigenvalue weighted by Gasteiger charge is -2.18. The first-order chi connectivity index (χ1) is 22.3. The van der Waals surface area contributed by atoms with E-state index >= 15 is 0 Å². The number of ether oxygens (including phenoxy) is 2. The largest absolute Gasteiger partial charge is 0.469 e. The number of hydrogen-bond donors (Lipinski definition) is 2. The van der Waals surface area contributed by atoms with Crippen LogP contribution in [0.25, 0.3) is 0 Å². The standard InChI is InChI=1S/C37H67O8P/c1-3-5-7-9-11-13-15-16-17-18-19-20-22-23-25-27-29-31-36(38)43-33-35(34-44-46(40,41)42)45-37(39)32-30-28-26-24-21-14-12-10-8-6-4-2/h11,13,16-17,19-20,35H,3-10,12,14-15,18,21-34H2,1-2H3,(H2,40,41,42)/b13-11-,17-16-,20-19-/t35-/m1/s1. The van der Waals surface area contributed by atoms with Crippen molar-refractivity contribution < 1.29 is 37.9 Å². The first-order valence-corrected chi connectivity index (χ1v) is 19.8. The Morgan fingerprint density at radius 3 is 1.50 bits per heavy atom. The van der Waals surface area contributed by atoms with Gasteiger partial charge in [0.15, 0.2) is 6.10 Å². The van der Waals surface area contributed by atoms with Gasteiger partial charge < -0.3 is 19.3 Å². The molecule has 0 spiro atoms. The van der Waals surface area contributed by atoms with E-state index in [1.54, 1.807) is 0 Å². The van der Waals surface area contributed by atoms with E-state index in [0.29, 0.717) is 12.8 Å². The molecule has 0 aromatic carbocycles. The maximum absolute atomic E-state index is 12.3. The molecule has 0 saturated carbocycles. The second-order valence-corrected chi connectivity index (χ2v) is 13.4.